The molecule has 0 radical (unpaired) electrons. The highest BCUT2D eigenvalue weighted by molar-refractivity contribution is 5.94. The van der Waals surface area contributed by atoms with Crippen LogP contribution in [0.3, 0.4) is 0 Å². The second kappa shape index (κ2) is 7.05. The maximum absolute atomic E-state index is 11.2. The second-order valence-electron chi connectivity index (χ2n) is 2.55. The second-order valence-corrected chi connectivity index (χ2v) is 2.55. The first-order chi connectivity index (χ1) is 6.65. The molecule has 14 heavy (non-hydrogen) atoms. The van der Waals surface area contributed by atoms with E-state index in [1.54, 1.807) is 7.05 Å². The number of hydrogen-bond donors (Lipinski definition) is 3. The standard InChI is InChI=1S/C8H14N2O4/c1-9-3-2-8(14)10(6-12)4-7(13)5-11/h2-3,6-7,9,11,13H,4-5H2,1H3/b3-2-. The Labute approximate surface area is 81.8 Å². The van der Waals surface area contributed by atoms with Crippen LogP contribution in [0.2, 0.25) is 0 Å². The van der Waals surface area contributed by atoms with Gasteiger partial charge in [0.05, 0.1) is 19.3 Å². The van der Waals surface area contributed by atoms with Gasteiger partial charge in [0.25, 0.3) is 5.91 Å². The molecular formula is C8H14N2O4. The lowest BCUT2D eigenvalue weighted by Gasteiger charge is -2.16. The Bertz CT molecular complexity index is 217. The molecule has 0 aromatic carbocycles. The largest absolute Gasteiger partial charge is 0.394 e. The number of carbonyl (C=O) groups excluding carboxylic acids is 2. The number of imide groups is 1. The Hall–Kier alpha value is -1.40. The molecular weight excluding hydrogens is 188 g/mol. The van der Waals surface area contributed by atoms with Gasteiger partial charge in [-0.2, -0.15) is 0 Å². The summed E-state index contributed by atoms with van der Waals surface area (Å²) < 4.78 is 0. The van der Waals surface area contributed by atoms with Gasteiger partial charge in [-0.3, -0.25) is 14.5 Å². The van der Waals surface area contributed by atoms with Gasteiger partial charge in [-0.1, -0.05) is 0 Å². The molecule has 0 aliphatic carbocycles. The van der Waals surface area contributed by atoms with E-state index in [4.69, 9.17) is 10.2 Å². The zero-order valence-electron chi connectivity index (χ0n) is 7.88. The summed E-state index contributed by atoms with van der Waals surface area (Å²) in [5.41, 5.74) is 0. The molecule has 0 bridgehead atoms. The van der Waals surface area contributed by atoms with E-state index in [2.05, 4.69) is 5.32 Å². The summed E-state index contributed by atoms with van der Waals surface area (Å²) in [5.74, 6) is -0.554. The van der Waals surface area contributed by atoms with Crippen LogP contribution in [0.1, 0.15) is 0 Å². The molecule has 6 heteroatoms. The summed E-state index contributed by atoms with van der Waals surface area (Å²) in [4.78, 5) is 22.4. The lowest BCUT2D eigenvalue weighted by atomic mass is 10.3. The van der Waals surface area contributed by atoms with Crippen molar-refractivity contribution in [3.8, 4) is 0 Å². The van der Waals surface area contributed by atoms with Crippen LogP contribution in [0.25, 0.3) is 0 Å². The molecule has 0 saturated carbocycles. The van der Waals surface area contributed by atoms with Gasteiger partial charge in [0, 0.05) is 19.3 Å². The van der Waals surface area contributed by atoms with Crippen LogP contribution in [0, 0.1) is 0 Å². The van der Waals surface area contributed by atoms with Crippen molar-refractivity contribution in [3.05, 3.63) is 12.3 Å². The van der Waals surface area contributed by atoms with Gasteiger partial charge in [-0.25, -0.2) is 0 Å². The molecule has 0 saturated heterocycles. The van der Waals surface area contributed by atoms with Crippen LogP contribution in [-0.4, -0.2) is 53.7 Å². The van der Waals surface area contributed by atoms with E-state index < -0.39 is 18.6 Å². The van der Waals surface area contributed by atoms with Crippen LogP contribution in [0.5, 0.6) is 0 Å². The number of nitrogens with zero attached hydrogens (tertiary/aromatic N) is 1. The van der Waals surface area contributed by atoms with Gasteiger partial charge in [0.1, 0.15) is 0 Å². The predicted octanol–water partition coefficient (Wildman–Crippen LogP) is -1.94. The normalized spacial score (nSPS) is 12.5. The van der Waals surface area contributed by atoms with Gasteiger partial charge in [0.15, 0.2) is 0 Å². The predicted molar refractivity (Wildman–Crippen MR) is 49.1 cm³/mol. The molecule has 0 fully saturated rings. The number of nitrogens with one attached hydrogen (secondary N) is 1. The van der Waals surface area contributed by atoms with E-state index in [0.29, 0.717) is 6.41 Å². The number of amides is 2. The van der Waals surface area contributed by atoms with Crippen LogP contribution in [0.15, 0.2) is 12.3 Å². The summed E-state index contributed by atoms with van der Waals surface area (Å²) in [7, 11) is 1.61. The van der Waals surface area contributed by atoms with Crippen molar-refractivity contribution in [1.29, 1.82) is 0 Å². The van der Waals surface area contributed by atoms with Crippen molar-refractivity contribution in [1.82, 2.24) is 10.2 Å². The van der Waals surface area contributed by atoms with E-state index in [-0.39, 0.29) is 6.54 Å². The molecule has 6 nitrogen and oxygen atoms in total. The average molecular weight is 202 g/mol. The van der Waals surface area contributed by atoms with E-state index in [0.717, 1.165) is 11.0 Å². The zero-order valence-corrected chi connectivity index (χ0v) is 7.88. The fourth-order valence-electron chi connectivity index (χ4n) is 0.720. The molecule has 80 valence electrons. The van der Waals surface area contributed by atoms with Gasteiger partial charge >= 0.3 is 0 Å². The van der Waals surface area contributed by atoms with Crippen molar-refractivity contribution >= 4 is 12.3 Å². The number of hydrogen-bond acceptors (Lipinski definition) is 5. The summed E-state index contributed by atoms with van der Waals surface area (Å²) in [6.45, 7) is -0.708. The lowest BCUT2D eigenvalue weighted by molar-refractivity contribution is -0.136. The minimum absolute atomic E-state index is 0.215. The van der Waals surface area contributed by atoms with Crippen molar-refractivity contribution in [3.63, 3.8) is 0 Å². The van der Waals surface area contributed by atoms with Gasteiger partial charge in [0.2, 0.25) is 6.41 Å². The Kier molecular flexibility index (Phi) is 6.34. The highest BCUT2D eigenvalue weighted by Gasteiger charge is 2.13. The Balaban J connectivity index is 4.19. The Morgan fingerprint density at radius 2 is 2.29 bits per heavy atom. The van der Waals surface area contributed by atoms with Crippen molar-refractivity contribution in [2.45, 2.75) is 6.10 Å². The number of aliphatic hydroxyl groups is 2. The average Bonchev–Trinajstić information content (AvgIpc) is 2.21. The minimum Gasteiger partial charge on any atom is -0.394 e. The molecule has 0 aromatic rings. The van der Waals surface area contributed by atoms with Crippen LogP contribution in [0.4, 0.5) is 0 Å². The maximum atomic E-state index is 11.2. The number of rotatable bonds is 6. The highest BCUT2D eigenvalue weighted by atomic mass is 16.3. The smallest absolute Gasteiger partial charge is 0.254 e. The molecule has 0 heterocycles. The van der Waals surface area contributed by atoms with Gasteiger partial charge in [-0.15, -0.1) is 0 Å². The summed E-state index contributed by atoms with van der Waals surface area (Å²) in [5, 5.41) is 20.1. The molecule has 1 atom stereocenters. The number of carbonyl (C=O) groups is 2. The minimum atomic E-state index is -1.10. The third-order valence-corrected chi connectivity index (χ3v) is 1.42. The monoisotopic (exact) mass is 202 g/mol. The first-order valence-electron chi connectivity index (χ1n) is 4.04. The molecule has 0 rings (SSSR count). The molecule has 0 aliphatic rings. The third kappa shape index (κ3) is 4.58. The van der Waals surface area contributed by atoms with Crippen molar-refractivity contribution in [2.24, 2.45) is 0 Å². The maximum Gasteiger partial charge on any atom is 0.254 e. The Morgan fingerprint density at radius 3 is 2.71 bits per heavy atom. The fraction of sp³-hybridized carbons (Fsp3) is 0.500. The van der Waals surface area contributed by atoms with E-state index >= 15 is 0 Å². The quantitative estimate of drug-likeness (QED) is 0.344. The third-order valence-electron chi connectivity index (χ3n) is 1.42. The summed E-state index contributed by atoms with van der Waals surface area (Å²) >= 11 is 0. The molecule has 2 amide bonds. The van der Waals surface area contributed by atoms with Crippen molar-refractivity contribution in [2.75, 3.05) is 20.2 Å². The molecule has 0 spiro atoms. The fourth-order valence-corrected chi connectivity index (χ4v) is 0.720. The van der Waals surface area contributed by atoms with E-state index in [9.17, 15) is 9.59 Å². The van der Waals surface area contributed by atoms with Crippen molar-refractivity contribution < 1.29 is 19.8 Å². The SMILES string of the molecule is CN/C=C\C(=O)N(C=O)CC(O)CO. The van der Waals surface area contributed by atoms with Crippen LogP contribution in [-0.2, 0) is 9.59 Å². The van der Waals surface area contributed by atoms with Gasteiger partial charge in [-0.05, 0) is 0 Å². The molecule has 0 aromatic heterocycles. The number of aliphatic hydroxyl groups excluding tert-OH is 2. The highest BCUT2D eigenvalue weighted by Crippen LogP contribution is 1.91. The molecule has 1 unspecified atom stereocenters. The molecule has 3 N–H and O–H groups in total. The topological polar surface area (TPSA) is 89.9 Å². The van der Waals surface area contributed by atoms with E-state index in [1.807, 2.05) is 0 Å². The summed E-state index contributed by atoms with van der Waals surface area (Å²) in [6, 6.07) is 0. The Morgan fingerprint density at radius 1 is 1.64 bits per heavy atom. The van der Waals surface area contributed by atoms with Crippen LogP contribution >= 0.6 is 0 Å². The van der Waals surface area contributed by atoms with E-state index in [1.165, 1.54) is 6.20 Å². The molecule has 0 aliphatic heterocycles. The summed E-state index contributed by atoms with van der Waals surface area (Å²) in [6.07, 6.45) is 1.72. The first kappa shape index (κ1) is 12.6. The zero-order chi connectivity index (χ0) is 11.0. The lowest BCUT2D eigenvalue weighted by Crippen LogP contribution is -2.37. The first-order valence-corrected chi connectivity index (χ1v) is 4.04. The van der Waals surface area contributed by atoms with Gasteiger partial charge < -0.3 is 15.5 Å². The van der Waals surface area contributed by atoms with Crippen LogP contribution < -0.4 is 5.32 Å².